The smallest absolute Gasteiger partial charge is 0.416 e. The van der Waals surface area contributed by atoms with Gasteiger partial charge in [0, 0.05) is 12.0 Å². The Morgan fingerprint density at radius 3 is 2.59 bits per heavy atom. The number of nitrogens with zero attached hydrogens (tertiary/aromatic N) is 3. The summed E-state index contributed by atoms with van der Waals surface area (Å²) in [5, 5.41) is 9.16. The van der Waals surface area contributed by atoms with E-state index < -0.39 is 29.1 Å². The highest BCUT2D eigenvalue weighted by atomic mass is 19.4. The predicted octanol–water partition coefficient (Wildman–Crippen LogP) is 3.75. The van der Waals surface area contributed by atoms with Gasteiger partial charge in [-0.2, -0.15) is 13.2 Å². The Morgan fingerprint density at radius 2 is 1.96 bits per heavy atom. The third-order valence-corrected chi connectivity index (χ3v) is 5.28. The van der Waals surface area contributed by atoms with Crippen LogP contribution in [0.5, 0.6) is 0 Å². The first kappa shape index (κ1) is 17.7. The monoisotopic (exact) mass is 381 g/mol. The minimum Gasteiger partial charge on any atom is -0.465 e. The number of rotatable bonds is 2. The number of aromatic nitrogens is 2. The molecular formula is C18H15F4N3O2. The molecule has 2 heterocycles. The van der Waals surface area contributed by atoms with Gasteiger partial charge in [-0.1, -0.05) is 6.07 Å². The Morgan fingerprint density at radius 1 is 1.22 bits per heavy atom. The molecule has 1 aliphatic carbocycles. The van der Waals surface area contributed by atoms with E-state index in [2.05, 4.69) is 9.97 Å². The summed E-state index contributed by atoms with van der Waals surface area (Å²) in [5.41, 5.74) is -0.208. The van der Waals surface area contributed by atoms with Gasteiger partial charge in [-0.3, -0.25) is 0 Å². The first-order chi connectivity index (χ1) is 12.7. The first-order valence-electron chi connectivity index (χ1n) is 8.41. The molecule has 0 atom stereocenters. The van der Waals surface area contributed by atoms with Crippen LogP contribution < -0.4 is 0 Å². The van der Waals surface area contributed by atoms with Gasteiger partial charge in [0.1, 0.15) is 12.1 Å². The number of amides is 1. The van der Waals surface area contributed by atoms with Crippen molar-refractivity contribution in [3.8, 4) is 0 Å². The molecule has 27 heavy (non-hydrogen) atoms. The van der Waals surface area contributed by atoms with Gasteiger partial charge in [-0.15, -0.1) is 0 Å². The van der Waals surface area contributed by atoms with E-state index in [9.17, 15) is 22.4 Å². The van der Waals surface area contributed by atoms with Crippen LogP contribution in [0.3, 0.4) is 0 Å². The predicted molar refractivity (Wildman–Crippen MR) is 85.6 cm³/mol. The topological polar surface area (TPSA) is 66.3 Å². The Bertz CT molecular complexity index is 925. The number of carbonyl (C=O) groups is 1. The fourth-order valence-electron chi connectivity index (χ4n) is 3.86. The third-order valence-electron chi connectivity index (χ3n) is 5.28. The summed E-state index contributed by atoms with van der Waals surface area (Å²) in [6.07, 6.45) is -3.22. The molecule has 1 N–H and O–H groups in total. The number of hydrogen-bond donors (Lipinski definition) is 1. The highest BCUT2D eigenvalue weighted by Gasteiger charge is 2.53. The molecule has 2 aliphatic rings. The molecule has 1 amide bonds. The van der Waals surface area contributed by atoms with Crippen LogP contribution >= 0.6 is 0 Å². The van der Waals surface area contributed by atoms with E-state index in [4.69, 9.17) is 5.11 Å². The lowest BCUT2D eigenvalue weighted by molar-refractivity contribution is -0.138. The zero-order valence-corrected chi connectivity index (χ0v) is 14.1. The summed E-state index contributed by atoms with van der Waals surface area (Å²) < 4.78 is 54.0. The molecule has 9 heteroatoms. The lowest BCUT2D eigenvalue weighted by Gasteiger charge is -2.29. The van der Waals surface area contributed by atoms with Crippen molar-refractivity contribution in [2.75, 3.05) is 6.54 Å². The molecule has 0 bridgehead atoms. The maximum absolute atomic E-state index is 13.5. The van der Waals surface area contributed by atoms with Gasteiger partial charge in [0.2, 0.25) is 0 Å². The van der Waals surface area contributed by atoms with Crippen molar-refractivity contribution < 1.29 is 27.5 Å². The second-order valence-corrected chi connectivity index (χ2v) is 6.87. The fourth-order valence-corrected chi connectivity index (χ4v) is 3.86. The summed E-state index contributed by atoms with van der Waals surface area (Å²) in [7, 11) is 0. The lowest BCUT2D eigenvalue weighted by Crippen LogP contribution is -2.36. The second-order valence-electron chi connectivity index (χ2n) is 6.87. The summed E-state index contributed by atoms with van der Waals surface area (Å²) in [6, 6.07) is 2.74. The number of fused-ring (bicyclic) bond motifs is 1. The molecular weight excluding hydrogens is 366 g/mol. The van der Waals surface area contributed by atoms with E-state index in [0.717, 1.165) is 6.07 Å². The number of halogens is 4. The molecule has 4 rings (SSSR count). The van der Waals surface area contributed by atoms with Crippen molar-refractivity contribution in [1.29, 1.82) is 0 Å². The van der Waals surface area contributed by atoms with Crippen LogP contribution in [0.25, 0.3) is 0 Å². The molecule has 5 nitrogen and oxygen atoms in total. The van der Waals surface area contributed by atoms with Crippen molar-refractivity contribution in [1.82, 2.24) is 14.9 Å². The number of benzene rings is 1. The average molecular weight is 381 g/mol. The highest BCUT2D eigenvalue weighted by Crippen LogP contribution is 2.56. The van der Waals surface area contributed by atoms with E-state index in [1.807, 2.05) is 0 Å². The van der Waals surface area contributed by atoms with Crippen molar-refractivity contribution >= 4 is 6.09 Å². The van der Waals surface area contributed by atoms with Gasteiger partial charge in [0.15, 0.2) is 0 Å². The van der Waals surface area contributed by atoms with E-state index in [-0.39, 0.29) is 18.7 Å². The minimum atomic E-state index is -4.68. The Kier molecular flexibility index (Phi) is 3.87. The van der Waals surface area contributed by atoms with Crippen LogP contribution in [0.4, 0.5) is 22.4 Å². The van der Waals surface area contributed by atoms with Gasteiger partial charge in [-0.05, 0) is 42.5 Å². The van der Waals surface area contributed by atoms with Gasteiger partial charge in [0.05, 0.1) is 23.5 Å². The maximum Gasteiger partial charge on any atom is 0.416 e. The van der Waals surface area contributed by atoms with Crippen molar-refractivity contribution in [2.45, 2.75) is 37.4 Å². The molecule has 1 aliphatic heterocycles. The van der Waals surface area contributed by atoms with E-state index in [1.54, 1.807) is 0 Å². The Balaban J connectivity index is 1.82. The third kappa shape index (κ3) is 2.90. The largest absolute Gasteiger partial charge is 0.465 e. The zero-order chi connectivity index (χ0) is 19.4. The molecule has 142 valence electrons. The fraction of sp³-hybridized carbons (Fsp3) is 0.389. The maximum atomic E-state index is 13.5. The number of alkyl halides is 3. The van der Waals surface area contributed by atoms with E-state index >= 15 is 0 Å². The van der Waals surface area contributed by atoms with Crippen molar-refractivity contribution in [2.24, 2.45) is 0 Å². The standard InChI is InChI=1S/C18H15F4N3O2/c19-10-1-2-12(13(7-10)18(20,21)22)17(4-5-17)15-11-3-6-25(16(26)27)8-14(11)23-9-24-15/h1-2,7,9H,3-6,8H2,(H,26,27). The molecule has 0 saturated heterocycles. The van der Waals surface area contributed by atoms with Crippen LogP contribution in [0.1, 0.15) is 40.9 Å². The molecule has 2 aromatic rings. The zero-order valence-electron chi connectivity index (χ0n) is 14.1. The van der Waals surface area contributed by atoms with Gasteiger partial charge in [0.25, 0.3) is 0 Å². The first-order valence-corrected chi connectivity index (χ1v) is 8.41. The molecule has 0 unspecified atom stereocenters. The van der Waals surface area contributed by atoms with Crippen LogP contribution in [0, 0.1) is 5.82 Å². The molecule has 0 spiro atoms. The minimum absolute atomic E-state index is 0.0120. The normalized spacial score (nSPS) is 18.1. The second kappa shape index (κ2) is 5.90. The van der Waals surface area contributed by atoms with Crippen molar-refractivity contribution in [3.05, 3.63) is 58.4 Å². The van der Waals surface area contributed by atoms with Crippen molar-refractivity contribution in [3.63, 3.8) is 0 Å². The van der Waals surface area contributed by atoms with Gasteiger partial charge < -0.3 is 10.0 Å². The molecule has 0 radical (unpaired) electrons. The molecule has 1 aromatic carbocycles. The summed E-state index contributed by atoms with van der Waals surface area (Å²) in [6.45, 7) is 0.306. The Labute approximate surface area is 151 Å². The summed E-state index contributed by atoms with van der Waals surface area (Å²) in [5.74, 6) is -0.941. The summed E-state index contributed by atoms with van der Waals surface area (Å²) in [4.78, 5) is 20.8. The average Bonchev–Trinajstić information content (AvgIpc) is 3.41. The number of hydrogen-bond acceptors (Lipinski definition) is 3. The SMILES string of the molecule is O=C(O)N1CCc2c(ncnc2C2(c3ccc(F)cc3C(F)(F)F)CC2)C1. The van der Waals surface area contributed by atoms with Crippen LogP contribution in [-0.4, -0.2) is 32.6 Å². The Hall–Kier alpha value is -2.71. The highest BCUT2D eigenvalue weighted by molar-refractivity contribution is 5.65. The quantitative estimate of drug-likeness (QED) is 0.805. The van der Waals surface area contributed by atoms with Gasteiger partial charge >= 0.3 is 12.3 Å². The van der Waals surface area contributed by atoms with Crippen LogP contribution in [0.15, 0.2) is 24.5 Å². The lowest BCUT2D eigenvalue weighted by atomic mass is 9.84. The van der Waals surface area contributed by atoms with E-state index in [0.29, 0.717) is 42.3 Å². The van der Waals surface area contributed by atoms with E-state index in [1.165, 1.54) is 17.3 Å². The molecule has 1 fully saturated rings. The van der Waals surface area contributed by atoms with Crippen LogP contribution in [-0.2, 0) is 24.6 Å². The number of carboxylic acid groups (broad SMARTS) is 1. The van der Waals surface area contributed by atoms with Crippen LogP contribution in [0.2, 0.25) is 0 Å². The molecule has 1 saturated carbocycles. The summed E-state index contributed by atoms with van der Waals surface area (Å²) >= 11 is 0. The van der Waals surface area contributed by atoms with Gasteiger partial charge in [-0.25, -0.2) is 19.2 Å². The molecule has 1 aromatic heterocycles.